The summed E-state index contributed by atoms with van der Waals surface area (Å²) < 4.78 is 25.2. The maximum atomic E-state index is 13.2. The van der Waals surface area contributed by atoms with Gasteiger partial charge in [-0.05, 0) is 0 Å². The Balaban J connectivity index is 1.63. The average molecular weight is 344 g/mol. The van der Waals surface area contributed by atoms with Gasteiger partial charge in [-0.25, -0.2) is 13.9 Å². The van der Waals surface area contributed by atoms with Crippen molar-refractivity contribution in [1.82, 2.24) is 19.6 Å². The molecule has 4 rings (SSSR count). The van der Waals surface area contributed by atoms with Crippen LogP contribution in [0.25, 0.3) is 5.65 Å². The summed E-state index contributed by atoms with van der Waals surface area (Å²) in [4.78, 5) is 20.5. The molecule has 0 bridgehead atoms. The van der Waals surface area contributed by atoms with Crippen molar-refractivity contribution in [2.75, 3.05) is 24.3 Å². The Hall–Kier alpha value is -3.27. The monoisotopic (exact) mass is 344 g/mol. The van der Waals surface area contributed by atoms with Gasteiger partial charge in [0.2, 0.25) is 0 Å². The lowest BCUT2D eigenvalue weighted by Crippen LogP contribution is -2.38. The summed E-state index contributed by atoms with van der Waals surface area (Å²) >= 11 is 0. The number of anilines is 2. The first-order valence-corrected chi connectivity index (χ1v) is 7.41. The molecule has 0 atom stereocenters. The Morgan fingerprint density at radius 2 is 2.28 bits per heavy atom. The third-order valence-corrected chi connectivity index (χ3v) is 3.63. The first-order chi connectivity index (χ1) is 12.1. The number of ether oxygens (including phenoxy) is 2. The van der Waals surface area contributed by atoms with Crippen molar-refractivity contribution < 1.29 is 18.7 Å². The van der Waals surface area contributed by atoms with E-state index in [2.05, 4.69) is 20.4 Å². The molecule has 0 saturated carbocycles. The van der Waals surface area contributed by atoms with Crippen molar-refractivity contribution in [2.24, 2.45) is 0 Å². The maximum absolute atomic E-state index is 13.2. The fourth-order valence-corrected chi connectivity index (χ4v) is 2.37. The second kappa shape index (κ2) is 5.98. The molecule has 1 aliphatic rings. The lowest BCUT2D eigenvalue weighted by atomic mass is 10.2. The minimum Gasteiger partial charge on any atom is -0.483 e. The van der Waals surface area contributed by atoms with E-state index in [4.69, 9.17) is 15.2 Å². The van der Waals surface area contributed by atoms with Crippen LogP contribution in [0.3, 0.4) is 0 Å². The van der Waals surface area contributed by atoms with Crippen molar-refractivity contribution in [3.05, 3.63) is 42.2 Å². The number of carbonyl (C=O) groups excluding carboxylic acids is 1. The second-order valence-electron chi connectivity index (χ2n) is 5.40. The molecular formula is C15H13FN6O3. The van der Waals surface area contributed by atoms with Gasteiger partial charge in [-0.1, -0.05) is 0 Å². The van der Waals surface area contributed by atoms with Crippen LogP contribution in [-0.4, -0.2) is 44.8 Å². The zero-order valence-electron chi connectivity index (χ0n) is 12.8. The molecular weight excluding hydrogens is 331 g/mol. The van der Waals surface area contributed by atoms with Crippen LogP contribution in [0.1, 0.15) is 10.4 Å². The number of nitrogens with zero attached hydrogens (tertiary/aromatic N) is 4. The molecule has 9 nitrogen and oxygen atoms in total. The minimum absolute atomic E-state index is 0.0433. The van der Waals surface area contributed by atoms with Gasteiger partial charge in [0.1, 0.15) is 23.1 Å². The second-order valence-corrected chi connectivity index (χ2v) is 5.40. The molecule has 128 valence electrons. The molecule has 0 radical (unpaired) electrons. The summed E-state index contributed by atoms with van der Waals surface area (Å²) in [7, 11) is 0. The van der Waals surface area contributed by atoms with Crippen molar-refractivity contribution in [3.8, 4) is 5.75 Å². The van der Waals surface area contributed by atoms with Crippen LogP contribution in [0.2, 0.25) is 0 Å². The van der Waals surface area contributed by atoms with Crippen molar-refractivity contribution in [1.29, 1.82) is 0 Å². The van der Waals surface area contributed by atoms with E-state index in [1.807, 2.05) is 0 Å². The highest BCUT2D eigenvalue weighted by atomic mass is 19.1. The number of amides is 1. The third kappa shape index (κ3) is 2.83. The highest BCUT2D eigenvalue weighted by Crippen LogP contribution is 2.27. The fraction of sp³-hybridized carbons (Fsp3) is 0.200. The van der Waals surface area contributed by atoms with E-state index in [0.29, 0.717) is 24.7 Å². The van der Waals surface area contributed by atoms with Gasteiger partial charge < -0.3 is 20.5 Å². The van der Waals surface area contributed by atoms with Crippen molar-refractivity contribution >= 4 is 23.1 Å². The highest BCUT2D eigenvalue weighted by molar-refractivity contribution is 6.11. The number of nitrogens with two attached hydrogens (primary N) is 1. The molecule has 0 aliphatic carbocycles. The summed E-state index contributed by atoms with van der Waals surface area (Å²) in [6.07, 6.45) is 5.03. The van der Waals surface area contributed by atoms with Crippen molar-refractivity contribution in [2.45, 2.75) is 6.10 Å². The number of carbonyl (C=O) groups is 1. The Morgan fingerprint density at radius 3 is 3.04 bits per heavy atom. The third-order valence-electron chi connectivity index (χ3n) is 3.63. The summed E-state index contributed by atoms with van der Waals surface area (Å²) in [5, 5.41) is 6.58. The first-order valence-electron chi connectivity index (χ1n) is 7.41. The number of rotatable bonds is 4. The molecule has 0 spiro atoms. The largest absolute Gasteiger partial charge is 0.483 e. The van der Waals surface area contributed by atoms with Crippen LogP contribution in [0, 0.1) is 5.82 Å². The first kappa shape index (κ1) is 15.3. The van der Waals surface area contributed by atoms with Gasteiger partial charge in [0.05, 0.1) is 31.8 Å². The Labute approximate surface area is 140 Å². The number of pyridine rings is 1. The van der Waals surface area contributed by atoms with Gasteiger partial charge in [0.15, 0.2) is 17.3 Å². The SMILES string of the molecule is Nc1nn2cc(F)cnc2c1C(=O)Nc1cnccc1OC1COC1. The molecule has 10 heteroatoms. The molecule has 25 heavy (non-hydrogen) atoms. The summed E-state index contributed by atoms with van der Waals surface area (Å²) in [6.45, 7) is 0.985. The molecule has 1 aliphatic heterocycles. The molecule has 1 saturated heterocycles. The molecule has 3 aromatic rings. The number of nitrogens with one attached hydrogen (secondary N) is 1. The topological polar surface area (TPSA) is 117 Å². The van der Waals surface area contributed by atoms with E-state index in [-0.39, 0.29) is 23.1 Å². The lowest BCUT2D eigenvalue weighted by molar-refractivity contribution is -0.0794. The molecule has 1 amide bonds. The quantitative estimate of drug-likeness (QED) is 0.721. The van der Waals surface area contributed by atoms with Crippen molar-refractivity contribution in [3.63, 3.8) is 0 Å². The predicted octanol–water partition coefficient (Wildman–Crippen LogP) is 0.875. The number of hydrogen-bond donors (Lipinski definition) is 2. The van der Waals surface area contributed by atoms with E-state index < -0.39 is 11.7 Å². The number of hydrogen-bond acceptors (Lipinski definition) is 7. The lowest BCUT2D eigenvalue weighted by Gasteiger charge is -2.27. The Kier molecular flexibility index (Phi) is 3.65. The zero-order chi connectivity index (χ0) is 17.4. The summed E-state index contributed by atoms with van der Waals surface area (Å²) in [5.74, 6) is -0.734. The van der Waals surface area contributed by atoms with Gasteiger partial charge >= 0.3 is 0 Å². The van der Waals surface area contributed by atoms with Gasteiger partial charge in [0, 0.05) is 12.3 Å². The number of halogens is 1. The zero-order valence-corrected chi connectivity index (χ0v) is 12.8. The van der Waals surface area contributed by atoms with E-state index >= 15 is 0 Å². The Bertz CT molecular complexity index is 956. The van der Waals surface area contributed by atoms with E-state index in [9.17, 15) is 9.18 Å². The standard InChI is InChI=1S/C15H13FN6O3/c16-8-3-19-14-12(13(17)21-22(14)5-8)15(23)20-10-4-18-2-1-11(10)25-9-6-24-7-9/h1-5,9H,6-7H2,(H2,17,21)(H,20,23). The van der Waals surface area contributed by atoms with E-state index in [0.717, 1.165) is 16.9 Å². The molecule has 0 unspecified atom stereocenters. The summed E-state index contributed by atoms with van der Waals surface area (Å²) in [5.41, 5.74) is 6.36. The minimum atomic E-state index is -0.590. The average Bonchev–Trinajstić information content (AvgIpc) is 2.87. The van der Waals surface area contributed by atoms with Crippen LogP contribution < -0.4 is 15.8 Å². The fourth-order valence-electron chi connectivity index (χ4n) is 2.37. The van der Waals surface area contributed by atoms with Gasteiger partial charge in [-0.15, -0.1) is 5.10 Å². The van der Waals surface area contributed by atoms with Crippen LogP contribution >= 0.6 is 0 Å². The molecule has 0 aromatic carbocycles. The molecule has 4 heterocycles. The Morgan fingerprint density at radius 1 is 1.44 bits per heavy atom. The smallest absolute Gasteiger partial charge is 0.263 e. The van der Waals surface area contributed by atoms with E-state index in [1.54, 1.807) is 12.3 Å². The van der Waals surface area contributed by atoms with Crippen LogP contribution in [0.5, 0.6) is 5.75 Å². The highest BCUT2D eigenvalue weighted by Gasteiger charge is 2.24. The molecule has 3 N–H and O–H groups in total. The van der Waals surface area contributed by atoms with Gasteiger partial charge in [-0.3, -0.25) is 9.78 Å². The molecule has 1 fully saturated rings. The van der Waals surface area contributed by atoms with Gasteiger partial charge in [0.25, 0.3) is 5.91 Å². The number of nitrogen functional groups attached to an aromatic ring is 1. The number of aromatic nitrogens is 4. The van der Waals surface area contributed by atoms with E-state index in [1.165, 1.54) is 6.20 Å². The van der Waals surface area contributed by atoms with Crippen LogP contribution in [0.15, 0.2) is 30.9 Å². The van der Waals surface area contributed by atoms with Gasteiger partial charge in [-0.2, -0.15) is 0 Å². The number of fused-ring (bicyclic) bond motifs is 1. The maximum Gasteiger partial charge on any atom is 0.263 e. The van der Waals surface area contributed by atoms with Crippen LogP contribution in [0.4, 0.5) is 15.9 Å². The predicted molar refractivity (Wildman–Crippen MR) is 84.8 cm³/mol. The summed E-state index contributed by atoms with van der Waals surface area (Å²) in [6, 6.07) is 1.64. The molecule has 3 aromatic heterocycles. The van der Waals surface area contributed by atoms with Crippen LogP contribution in [-0.2, 0) is 4.74 Å². The normalized spacial score (nSPS) is 14.3.